The Morgan fingerprint density at radius 1 is 1.03 bits per heavy atom. The highest BCUT2D eigenvalue weighted by Gasteiger charge is 2.37. The summed E-state index contributed by atoms with van der Waals surface area (Å²) in [6, 6.07) is 19.0. The normalized spacial score (nSPS) is 17.4. The van der Waals surface area contributed by atoms with Gasteiger partial charge in [-0.1, -0.05) is 35.9 Å². The van der Waals surface area contributed by atoms with Crippen molar-refractivity contribution in [2.45, 2.75) is 0 Å². The minimum Gasteiger partial charge on any atom is -0.457 e. The van der Waals surface area contributed by atoms with Crippen LogP contribution >= 0.6 is 39.3 Å². The van der Waals surface area contributed by atoms with Crippen LogP contribution in [0.5, 0.6) is 0 Å². The van der Waals surface area contributed by atoms with Crippen LogP contribution in [0.3, 0.4) is 0 Å². The second-order valence-corrected chi connectivity index (χ2v) is 10.6. The van der Waals surface area contributed by atoms with Gasteiger partial charge in [0.05, 0.1) is 9.93 Å². The highest BCUT2D eigenvalue weighted by molar-refractivity contribution is 9.10. The van der Waals surface area contributed by atoms with E-state index in [0.29, 0.717) is 42.7 Å². The molecule has 36 heavy (non-hydrogen) atoms. The lowest BCUT2D eigenvalue weighted by Crippen LogP contribution is -2.51. The van der Waals surface area contributed by atoms with Gasteiger partial charge in [-0.15, -0.1) is 0 Å². The van der Waals surface area contributed by atoms with E-state index in [1.54, 1.807) is 23.1 Å². The highest BCUT2D eigenvalue weighted by atomic mass is 79.9. The molecule has 184 valence electrons. The molecule has 2 aromatic carbocycles. The first-order chi connectivity index (χ1) is 17.4. The van der Waals surface area contributed by atoms with E-state index in [4.69, 9.17) is 16.0 Å². The number of imide groups is 1. The molecule has 0 saturated carbocycles. The van der Waals surface area contributed by atoms with Crippen molar-refractivity contribution in [2.24, 2.45) is 0 Å². The molecule has 0 bridgehead atoms. The standard InChI is InChI=1S/C26H21BrClN3O4S/c27-20-8-6-17(14-21(20)28)22-9-7-19(35-22)15-23-25(33)31(26(34)36-23)16-24(32)30-12-10-29(11-13-30)18-4-2-1-3-5-18/h1-9,14-15H,10-13,16H2/b23-15+. The van der Waals surface area contributed by atoms with Gasteiger partial charge in [0.15, 0.2) is 0 Å². The van der Waals surface area contributed by atoms with Crippen molar-refractivity contribution in [1.82, 2.24) is 9.80 Å². The van der Waals surface area contributed by atoms with Crippen LogP contribution in [-0.4, -0.2) is 59.6 Å². The molecule has 0 atom stereocenters. The summed E-state index contributed by atoms with van der Waals surface area (Å²) < 4.78 is 6.62. The number of furan rings is 1. The molecule has 1 aromatic heterocycles. The molecule has 7 nitrogen and oxygen atoms in total. The Morgan fingerprint density at radius 3 is 2.50 bits per heavy atom. The fourth-order valence-corrected chi connectivity index (χ4v) is 5.33. The monoisotopic (exact) mass is 585 g/mol. The Hall–Kier alpha value is -3.01. The number of rotatable bonds is 5. The summed E-state index contributed by atoms with van der Waals surface area (Å²) in [5.74, 6) is 0.280. The first-order valence-corrected chi connectivity index (χ1v) is 13.3. The Morgan fingerprint density at radius 2 is 1.78 bits per heavy atom. The molecule has 0 aliphatic carbocycles. The van der Waals surface area contributed by atoms with Crippen LogP contribution in [0, 0.1) is 0 Å². The van der Waals surface area contributed by atoms with Gasteiger partial charge >= 0.3 is 0 Å². The minimum absolute atomic E-state index is 0.219. The zero-order valence-electron chi connectivity index (χ0n) is 19.0. The second kappa shape index (κ2) is 10.5. The van der Waals surface area contributed by atoms with E-state index < -0.39 is 11.1 Å². The van der Waals surface area contributed by atoms with Crippen LogP contribution in [0.4, 0.5) is 10.5 Å². The number of hydrogen-bond acceptors (Lipinski definition) is 6. The molecular weight excluding hydrogens is 566 g/mol. The third-order valence-electron chi connectivity index (χ3n) is 6.02. The van der Waals surface area contributed by atoms with E-state index in [0.717, 1.165) is 32.4 Å². The number of nitrogens with zero attached hydrogens (tertiary/aromatic N) is 3. The van der Waals surface area contributed by atoms with Crippen molar-refractivity contribution in [3.8, 4) is 11.3 Å². The highest BCUT2D eigenvalue weighted by Crippen LogP contribution is 2.34. The summed E-state index contributed by atoms with van der Waals surface area (Å²) >= 11 is 10.3. The quantitative estimate of drug-likeness (QED) is 0.355. The van der Waals surface area contributed by atoms with Gasteiger partial charge in [-0.05, 0) is 64.1 Å². The van der Waals surface area contributed by atoms with Crippen molar-refractivity contribution < 1.29 is 18.8 Å². The van der Waals surface area contributed by atoms with Crippen LogP contribution in [-0.2, 0) is 9.59 Å². The van der Waals surface area contributed by atoms with E-state index in [2.05, 4.69) is 20.8 Å². The lowest BCUT2D eigenvalue weighted by molar-refractivity contribution is -0.136. The molecule has 0 unspecified atom stereocenters. The molecule has 3 heterocycles. The molecule has 5 rings (SSSR count). The van der Waals surface area contributed by atoms with E-state index >= 15 is 0 Å². The molecule has 0 N–H and O–H groups in total. The van der Waals surface area contributed by atoms with Gasteiger partial charge in [-0.25, -0.2) is 0 Å². The van der Waals surface area contributed by atoms with Gasteiger partial charge in [0.1, 0.15) is 18.1 Å². The van der Waals surface area contributed by atoms with Gasteiger partial charge in [-0.2, -0.15) is 0 Å². The van der Waals surface area contributed by atoms with Gasteiger partial charge in [0.25, 0.3) is 11.1 Å². The molecule has 3 aromatic rings. The largest absolute Gasteiger partial charge is 0.457 e. The summed E-state index contributed by atoms with van der Waals surface area (Å²) in [6.45, 7) is 2.20. The van der Waals surface area contributed by atoms with E-state index in [9.17, 15) is 14.4 Å². The Bertz CT molecular complexity index is 1350. The van der Waals surface area contributed by atoms with Gasteiger partial charge < -0.3 is 14.2 Å². The maximum Gasteiger partial charge on any atom is 0.294 e. The van der Waals surface area contributed by atoms with Crippen LogP contribution in [0.2, 0.25) is 5.02 Å². The summed E-state index contributed by atoms with van der Waals surface area (Å²) in [5, 5.41) is 0.0895. The third kappa shape index (κ3) is 5.23. The summed E-state index contributed by atoms with van der Waals surface area (Å²) in [5.41, 5.74) is 1.90. The number of carbonyl (C=O) groups excluding carboxylic acids is 3. The first-order valence-electron chi connectivity index (χ1n) is 11.3. The number of benzene rings is 2. The molecule has 2 fully saturated rings. The number of piperazine rings is 1. The number of amides is 3. The topological polar surface area (TPSA) is 74.1 Å². The number of anilines is 1. The van der Waals surface area contributed by atoms with Gasteiger partial charge in [0, 0.05) is 48.0 Å². The van der Waals surface area contributed by atoms with Crippen molar-refractivity contribution in [3.05, 3.63) is 80.8 Å². The van der Waals surface area contributed by atoms with Crippen molar-refractivity contribution >= 4 is 68.1 Å². The lowest BCUT2D eigenvalue weighted by atomic mass is 10.2. The lowest BCUT2D eigenvalue weighted by Gasteiger charge is -2.36. The zero-order chi connectivity index (χ0) is 25.2. The van der Waals surface area contributed by atoms with Crippen molar-refractivity contribution in [2.75, 3.05) is 37.6 Å². The van der Waals surface area contributed by atoms with Crippen molar-refractivity contribution in [1.29, 1.82) is 0 Å². The molecule has 3 amide bonds. The molecule has 2 aliphatic heterocycles. The number of halogens is 2. The third-order valence-corrected chi connectivity index (χ3v) is 8.16. The number of carbonyl (C=O) groups is 3. The Kier molecular flexibility index (Phi) is 7.22. The predicted octanol–water partition coefficient (Wildman–Crippen LogP) is 5.75. The molecule has 2 saturated heterocycles. The fraction of sp³-hybridized carbons (Fsp3) is 0.192. The first kappa shape index (κ1) is 24.7. The number of hydrogen-bond donors (Lipinski definition) is 0. The fourth-order valence-electron chi connectivity index (χ4n) is 4.09. The van der Waals surface area contributed by atoms with Crippen LogP contribution in [0.1, 0.15) is 5.76 Å². The van der Waals surface area contributed by atoms with Crippen LogP contribution < -0.4 is 4.90 Å². The zero-order valence-corrected chi connectivity index (χ0v) is 22.2. The maximum atomic E-state index is 12.9. The van der Waals surface area contributed by atoms with E-state index in [1.807, 2.05) is 42.5 Å². The van der Waals surface area contributed by atoms with E-state index in [-0.39, 0.29) is 17.4 Å². The maximum absolute atomic E-state index is 12.9. The summed E-state index contributed by atoms with van der Waals surface area (Å²) in [7, 11) is 0. The summed E-state index contributed by atoms with van der Waals surface area (Å²) in [6.07, 6.45) is 1.53. The number of thioether (sulfide) groups is 1. The SMILES string of the molecule is O=C(CN1C(=O)S/C(=C/c2ccc(-c3ccc(Br)c(Cl)c3)o2)C1=O)N1CCN(c2ccccc2)CC1. The molecule has 10 heteroatoms. The second-order valence-electron chi connectivity index (χ2n) is 8.30. The molecule has 0 radical (unpaired) electrons. The predicted molar refractivity (Wildman–Crippen MR) is 145 cm³/mol. The Labute approximate surface area is 225 Å². The smallest absolute Gasteiger partial charge is 0.294 e. The average molecular weight is 587 g/mol. The van der Waals surface area contributed by atoms with Crippen LogP contribution in [0.15, 0.2) is 74.5 Å². The van der Waals surface area contributed by atoms with E-state index in [1.165, 1.54) is 6.08 Å². The van der Waals surface area contributed by atoms with Gasteiger partial charge in [0.2, 0.25) is 5.91 Å². The minimum atomic E-state index is -0.495. The number of para-hydroxylation sites is 1. The molecule has 0 spiro atoms. The van der Waals surface area contributed by atoms with Crippen LogP contribution in [0.25, 0.3) is 17.4 Å². The average Bonchev–Trinajstić information content (AvgIpc) is 3.46. The molecular formula is C26H21BrClN3O4S. The van der Waals surface area contributed by atoms with Crippen molar-refractivity contribution in [3.63, 3.8) is 0 Å². The molecule has 2 aliphatic rings. The van der Waals surface area contributed by atoms with Gasteiger partial charge in [-0.3, -0.25) is 19.3 Å². The summed E-state index contributed by atoms with van der Waals surface area (Å²) in [4.78, 5) is 43.4. The Balaban J connectivity index is 1.21.